The van der Waals surface area contributed by atoms with E-state index in [2.05, 4.69) is 44.7 Å². The molecule has 0 atom stereocenters. The van der Waals surface area contributed by atoms with Crippen molar-refractivity contribution in [3.8, 4) is 0 Å². The Balaban J connectivity index is 1.91. The lowest BCUT2D eigenvalue weighted by molar-refractivity contribution is 0.551. The Hall–Kier alpha value is -1.55. The summed E-state index contributed by atoms with van der Waals surface area (Å²) in [4.78, 5) is 4.04. The molecular formula is C12H18N4. The van der Waals surface area contributed by atoms with Gasteiger partial charge in [0.1, 0.15) is 0 Å². The van der Waals surface area contributed by atoms with E-state index in [-0.39, 0.29) is 0 Å². The summed E-state index contributed by atoms with van der Waals surface area (Å²) >= 11 is 0. The highest BCUT2D eigenvalue weighted by Crippen LogP contribution is 2.02. The van der Waals surface area contributed by atoms with Gasteiger partial charge in [-0.15, -0.1) is 0 Å². The van der Waals surface area contributed by atoms with Crippen LogP contribution in [0.4, 0.5) is 0 Å². The fourth-order valence-electron chi connectivity index (χ4n) is 1.72. The molecule has 1 N–H and O–H groups in total. The molecule has 0 saturated carbocycles. The van der Waals surface area contributed by atoms with Crippen molar-refractivity contribution in [2.24, 2.45) is 0 Å². The molecule has 2 aromatic heterocycles. The van der Waals surface area contributed by atoms with Crippen LogP contribution >= 0.6 is 0 Å². The van der Waals surface area contributed by atoms with Gasteiger partial charge in [0.25, 0.3) is 0 Å². The second kappa shape index (κ2) is 5.51. The molecule has 0 amide bonds. The molecule has 0 saturated heterocycles. The van der Waals surface area contributed by atoms with E-state index in [1.807, 2.05) is 18.7 Å². The zero-order valence-corrected chi connectivity index (χ0v) is 9.63. The van der Waals surface area contributed by atoms with Gasteiger partial charge in [-0.1, -0.05) is 6.92 Å². The molecule has 4 heteroatoms. The minimum Gasteiger partial charge on any atom is -0.348 e. The normalized spacial score (nSPS) is 10.8. The molecule has 2 rings (SSSR count). The first-order valence-electron chi connectivity index (χ1n) is 5.70. The average Bonchev–Trinajstić information content (AvgIpc) is 2.94. The molecule has 4 nitrogen and oxygen atoms in total. The maximum Gasteiger partial charge on any atom is 0.0946 e. The highest BCUT2D eigenvalue weighted by Gasteiger charge is 1.99. The topological polar surface area (TPSA) is 34.8 Å². The van der Waals surface area contributed by atoms with E-state index in [0.29, 0.717) is 0 Å². The maximum atomic E-state index is 4.04. The van der Waals surface area contributed by atoms with Crippen LogP contribution in [0.3, 0.4) is 0 Å². The number of aryl methyl sites for hydroxylation is 2. The number of aromatic nitrogens is 3. The van der Waals surface area contributed by atoms with Crippen LogP contribution < -0.4 is 5.32 Å². The maximum absolute atomic E-state index is 4.04. The van der Waals surface area contributed by atoms with Crippen LogP contribution in [0.15, 0.2) is 37.1 Å². The van der Waals surface area contributed by atoms with Gasteiger partial charge >= 0.3 is 0 Å². The minimum atomic E-state index is 0.938. The average molecular weight is 218 g/mol. The largest absolute Gasteiger partial charge is 0.348 e. The third-order valence-corrected chi connectivity index (χ3v) is 2.64. The molecule has 0 radical (unpaired) electrons. The molecular weight excluding hydrogens is 200 g/mol. The van der Waals surface area contributed by atoms with Crippen LogP contribution in [0.2, 0.25) is 0 Å². The standard InChI is InChI=1S/C12H18N4/c1-2-13-10-12-4-3-6-16(12)9-8-15-7-5-14-11-15/h3-7,11,13H,2,8-10H2,1H3. The Morgan fingerprint density at radius 2 is 2.25 bits per heavy atom. The number of hydrogen-bond acceptors (Lipinski definition) is 2. The van der Waals surface area contributed by atoms with Crippen molar-refractivity contribution in [1.82, 2.24) is 19.4 Å². The van der Waals surface area contributed by atoms with E-state index in [0.717, 1.165) is 26.2 Å². The zero-order valence-electron chi connectivity index (χ0n) is 9.63. The summed E-state index contributed by atoms with van der Waals surface area (Å²) in [6.45, 7) is 6.02. The Morgan fingerprint density at radius 1 is 1.31 bits per heavy atom. The van der Waals surface area contributed by atoms with Gasteiger partial charge in [0.2, 0.25) is 0 Å². The first kappa shape index (κ1) is 11.0. The van der Waals surface area contributed by atoms with Gasteiger partial charge in [-0.3, -0.25) is 0 Å². The van der Waals surface area contributed by atoms with E-state index in [1.54, 1.807) is 0 Å². The predicted molar refractivity (Wildman–Crippen MR) is 64.0 cm³/mol. The van der Waals surface area contributed by atoms with Gasteiger partial charge in [-0.05, 0) is 18.7 Å². The zero-order chi connectivity index (χ0) is 11.2. The van der Waals surface area contributed by atoms with E-state index in [1.165, 1.54) is 5.69 Å². The summed E-state index contributed by atoms with van der Waals surface area (Å²) in [6.07, 6.45) is 7.79. The number of nitrogens with one attached hydrogen (secondary N) is 1. The third kappa shape index (κ3) is 2.73. The Labute approximate surface area is 95.9 Å². The lowest BCUT2D eigenvalue weighted by Crippen LogP contribution is -2.16. The molecule has 0 aliphatic rings. The van der Waals surface area contributed by atoms with Crippen molar-refractivity contribution in [2.75, 3.05) is 6.54 Å². The second-order valence-electron chi connectivity index (χ2n) is 3.77. The number of nitrogens with zero attached hydrogens (tertiary/aromatic N) is 3. The summed E-state index contributed by atoms with van der Waals surface area (Å²) in [5.74, 6) is 0. The Kier molecular flexibility index (Phi) is 3.77. The summed E-state index contributed by atoms with van der Waals surface area (Å²) in [7, 11) is 0. The van der Waals surface area contributed by atoms with Crippen molar-refractivity contribution in [1.29, 1.82) is 0 Å². The van der Waals surface area contributed by atoms with Crippen LogP contribution in [0, 0.1) is 0 Å². The monoisotopic (exact) mass is 218 g/mol. The number of rotatable bonds is 6. The van der Waals surface area contributed by atoms with Crippen LogP contribution in [-0.4, -0.2) is 20.7 Å². The highest BCUT2D eigenvalue weighted by atomic mass is 15.1. The molecule has 0 aliphatic heterocycles. The van der Waals surface area contributed by atoms with E-state index >= 15 is 0 Å². The van der Waals surface area contributed by atoms with Gasteiger partial charge in [-0.2, -0.15) is 0 Å². The van der Waals surface area contributed by atoms with Gasteiger partial charge in [0.05, 0.1) is 6.33 Å². The highest BCUT2D eigenvalue weighted by molar-refractivity contribution is 5.06. The van der Waals surface area contributed by atoms with Crippen LogP contribution in [0.1, 0.15) is 12.6 Å². The summed E-state index contributed by atoms with van der Waals surface area (Å²) < 4.78 is 4.37. The predicted octanol–water partition coefficient (Wildman–Crippen LogP) is 1.49. The Bertz CT molecular complexity index is 402. The molecule has 86 valence electrons. The van der Waals surface area contributed by atoms with Crippen molar-refractivity contribution >= 4 is 0 Å². The SMILES string of the molecule is CCNCc1cccn1CCn1ccnc1. The van der Waals surface area contributed by atoms with E-state index in [9.17, 15) is 0 Å². The number of imidazole rings is 1. The Morgan fingerprint density at radius 3 is 3.00 bits per heavy atom. The summed E-state index contributed by atoms with van der Waals surface area (Å²) in [5, 5.41) is 3.34. The molecule has 2 aromatic rings. The molecule has 0 aromatic carbocycles. The minimum absolute atomic E-state index is 0.938. The van der Waals surface area contributed by atoms with Gasteiger partial charge < -0.3 is 14.5 Å². The van der Waals surface area contributed by atoms with Crippen molar-refractivity contribution < 1.29 is 0 Å². The number of hydrogen-bond donors (Lipinski definition) is 1. The molecule has 2 heterocycles. The van der Waals surface area contributed by atoms with Gasteiger partial charge in [0.15, 0.2) is 0 Å². The fourth-order valence-corrected chi connectivity index (χ4v) is 1.72. The molecule has 0 spiro atoms. The first-order valence-corrected chi connectivity index (χ1v) is 5.70. The van der Waals surface area contributed by atoms with Crippen LogP contribution in [0.25, 0.3) is 0 Å². The quantitative estimate of drug-likeness (QED) is 0.797. The lowest BCUT2D eigenvalue weighted by Gasteiger charge is -2.09. The van der Waals surface area contributed by atoms with Crippen molar-refractivity contribution in [2.45, 2.75) is 26.6 Å². The van der Waals surface area contributed by atoms with Crippen LogP contribution in [-0.2, 0) is 19.6 Å². The van der Waals surface area contributed by atoms with E-state index in [4.69, 9.17) is 0 Å². The van der Waals surface area contributed by atoms with E-state index < -0.39 is 0 Å². The molecule has 0 fully saturated rings. The molecule has 0 aliphatic carbocycles. The van der Waals surface area contributed by atoms with Crippen LogP contribution in [0.5, 0.6) is 0 Å². The third-order valence-electron chi connectivity index (χ3n) is 2.64. The van der Waals surface area contributed by atoms with Crippen molar-refractivity contribution in [3.63, 3.8) is 0 Å². The van der Waals surface area contributed by atoms with Gasteiger partial charge in [0, 0.05) is 43.9 Å². The van der Waals surface area contributed by atoms with Crippen molar-refractivity contribution in [3.05, 3.63) is 42.7 Å². The second-order valence-corrected chi connectivity index (χ2v) is 3.77. The smallest absolute Gasteiger partial charge is 0.0946 e. The molecule has 0 unspecified atom stereocenters. The molecule has 16 heavy (non-hydrogen) atoms. The first-order chi connectivity index (χ1) is 7.90. The molecule has 0 bridgehead atoms. The lowest BCUT2D eigenvalue weighted by atomic mass is 10.4. The van der Waals surface area contributed by atoms with Gasteiger partial charge in [-0.25, -0.2) is 4.98 Å². The fraction of sp³-hybridized carbons (Fsp3) is 0.417. The summed E-state index contributed by atoms with van der Waals surface area (Å²) in [6, 6.07) is 4.26. The summed E-state index contributed by atoms with van der Waals surface area (Å²) in [5.41, 5.74) is 1.34.